The molecule has 31 heavy (non-hydrogen) atoms. The fourth-order valence-electron chi connectivity index (χ4n) is 3.26. The van der Waals surface area contributed by atoms with E-state index in [0.29, 0.717) is 34.1 Å². The third-order valence-electron chi connectivity index (χ3n) is 4.72. The van der Waals surface area contributed by atoms with Crippen LogP contribution in [0.4, 0.5) is 10.1 Å². The average molecular weight is 464 g/mol. The number of rotatable bonds is 5. The molecule has 8 nitrogen and oxygen atoms in total. The minimum atomic E-state index is -4.14. The summed E-state index contributed by atoms with van der Waals surface area (Å²) in [6.07, 6.45) is -0.0816. The van der Waals surface area contributed by atoms with Crippen LogP contribution in [0.15, 0.2) is 50.6 Å². The summed E-state index contributed by atoms with van der Waals surface area (Å²) < 4.78 is 50.3. The van der Waals surface area contributed by atoms with Crippen LogP contribution in [0, 0.1) is 12.7 Å². The number of nitrogens with one attached hydrogen (secondary N) is 1. The van der Waals surface area contributed by atoms with E-state index in [-0.39, 0.29) is 23.2 Å². The first-order valence-electron chi connectivity index (χ1n) is 9.20. The lowest BCUT2D eigenvalue weighted by Gasteiger charge is -2.12. The van der Waals surface area contributed by atoms with Gasteiger partial charge in [0, 0.05) is 29.2 Å². The van der Waals surface area contributed by atoms with Crippen molar-refractivity contribution in [1.82, 2.24) is 0 Å². The van der Waals surface area contributed by atoms with Gasteiger partial charge in [0.2, 0.25) is 0 Å². The Hall–Kier alpha value is -2.89. The average Bonchev–Trinajstić information content (AvgIpc) is 3.19. The number of aryl methyl sites for hydroxylation is 1. The molecule has 0 unspecified atom stereocenters. The molecule has 2 aromatic carbocycles. The van der Waals surface area contributed by atoms with Gasteiger partial charge in [-0.2, -0.15) is 8.42 Å². The van der Waals surface area contributed by atoms with Crippen molar-refractivity contribution in [1.29, 1.82) is 0 Å². The lowest BCUT2D eigenvalue weighted by atomic mass is 9.99. The Labute approximate surface area is 181 Å². The molecule has 1 aliphatic rings. The highest BCUT2D eigenvalue weighted by Gasteiger charge is 2.18. The van der Waals surface area contributed by atoms with Gasteiger partial charge in [-0.3, -0.25) is 4.72 Å². The molecule has 1 aromatic heterocycles. The summed E-state index contributed by atoms with van der Waals surface area (Å²) in [5.74, 6) is 0.558. The summed E-state index contributed by atoms with van der Waals surface area (Å²) in [4.78, 5) is 16.9. The van der Waals surface area contributed by atoms with Gasteiger partial charge in [0.05, 0.1) is 12.2 Å². The Kier molecular flexibility index (Phi) is 5.73. The van der Waals surface area contributed by atoms with E-state index in [4.69, 9.17) is 14.3 Å². The van der Waals surface area contributed by atoms with Crippen molar-refractivity contribution >= 4 is 43.9 Å². The van der Waals surface area contributed by atoms with E-state index in [0.717, 1.165) is 5.75 Å². The highest BCUT2D eigenvalue weighted by Crippen LogP contribution is 2.28. The van der Waals surface area contributed by atoms with Crippen molar-refractivity contribution in [3.8, 4) is 5.75 Å². The molecule has 2 heterocycles. The van der Waals surface area contributed by atoms with E-state index in [2.05, 4.69) is 4.99 Å². The number of thioether (sulfide) groups is 1. The molecule has 0 saturated carbocycles. The zero-order valence-electron chi connectivity index (χ0n) is 16.3. The predicted molar refractivity (Wildman–Crippen MR) is 119 cm³/mol. The zero-order valence-corrected chi connectivity index (χ0v) is 18.0. The minimum Gasteiger partial charge on any atom is -0.434 e. The predicted octanol–water partition coefficient (Wildman–Crippen LogP) is 2.93. The molecule has 0 amide bonds. The van der Waals surface area contributed by atoms with Crippen LogP contribution < -0.4 is 20.2 Å². The van der Waals surface area contributed by atoms with Gasteiger partial charge in [-0.05, 0) is 36.2 Å². The molecule has 0 bridgehead atoms. The van der Waals surface area contributed by atoms with Crippen molar-refractivity contribution in [2.75, 3.05) is 17.0 Å². The van der Waals surface area contributed by atoms with Crippen LogP contribution in [0.2, 0.25) is 0 Å². The number of halogens is 1. The first kappa shape index (κ1) is 21.3. The molecule has 0 aliphatic carbocycles. The fraction of sp³-hybridized carbons (Fsp3) is 0.200. The number of nitrogens with two attached hydrogens (primary N) is 1. The maximum absolute atomic E-state index is 14.8. The van der Waals surface area contributed by atoms with Crippen molar-refractivity contribution in [3.05, 3.63) is 69.3 Å². The summed E-state index contributed by atoms with van der Waals surface area (Å²) in [6, 6.07) is 9.31. The number of nitrogens with zero attached hydrogens (tertiary/aromatic N) is 1. The van der Waals surface area contributed by atoms with E-state index in [1.807, 2.05) is 4.72 Å². The van der Waals surface area contributed by atoms with E-state index >= 15 is 0 Å². The molecule has 1 aliphatic heterocycles. The Balaban J connectivity index is 1.69. The van der Waals surface area contributed by atoms with Crippen LogP contribution in [0.3, 0.4) is 0 Å². The Morgan fingerprint density at radius 1 is 1.32 bits per heavy atom. The molecule has 0 radical (unpaired) electrons. The summed E-state index contributed by atoms with van der Waals surface area (Å²) in [7, 11) is -4.14. The van der Waals surface area contributed by atoms with Gasteiger partial charge in [-0.1, -0.05) is 23.9 Å². The largest absolute Gasteiger partial charge is 0.434 e. The molecular weight excluding hydrogens is 445 g/mol. The summed E-state index contributed by atoms with van der Waals surface area (Å²) in [5, 5.41) is 6.17. The third-order valence-corrected chi connectivity index (χ3v) is 6.07. The number of hydrogen-bond donors (Lipinski definition) is 2. The van der Waals surface area contributed by atoms with Crippen LogP contribution in [-0.4, -0.2) is 25.9 Å². The number of anilines is 1. The number of hydrogen-bond acceptors (Lipinski definition) is 7. The fourth-order valence-corrected chi connectivity index (χ4v) is 4.42. The van der Waals surface area contributed by atoms with Crippen molar-refractivity contribution < 1.29 is 22.0 Å². The SMILES string of the molecule is Cc1c(Cc2cccc(NS(N)(=O)=O)c2F)c(=O)oc2cc(OC3=NCCS3)ccc12. The summed E-state index contributed by atoms with van der Waals surface area (Å²) in [6.45, 7) is 2.45. The lowest BCUT2D eigenvalue weighted by molar-refractivity contribution is 0.538. The Morgan fingerprint density at radius 2 is 2.13 bits per heavy atom. The molecule has 0 saturated heterocycles. The van der Waals surface area contributed by atoms with Gasteiger partial charge in [-0.15, -0.1) is 0 Å². The van der Waals surface area contributed by atoms with Gasteiger partial charge < -0.3 is 9.15 Å². The molecule has 3 aromatic rings. The third kappa shape index (κ3) is 4.73. The molecule has 0 spiro atoms. The first-order chi connectivity index (χ1) is 14.7. The minimum absolute atomic E-state index is 0.0816. The van der Waals surface area contributed by atoms with Crippen LogP contribution in [0.25, 0.3) is 11.0 Å². The molecule has 0 fully saturated rings. The van der Waals surface area contributed by atoms with E-state index < -0.39 is 21.7 Å². The van der Waals surface area contributed by atoms with Crippen LogP contribution in [0.5, 0.6) is 5.75 Å². The van der Waals surface area contributed by atoms with Crippen LogP contribution in [0.1, 0.15) is 16.7 Å². The van der Waals surface area contributed by atoms with Gasteiger partial charge in [0.25, 0.3) is 15.4 Å². The standard InChI is InChI=1S/C20H18FN3O5S2/c1-11-14-6-5-13(28-20-23-7-8-30-20)10-17(14)29-19(25)15(11)9-12-3-2-4-16(18(12)21)24-31(22,26)27/h2-6,10,24H,7-9H2,1H3,(H2,22,26,27). The van der Waals surface area contributed by atoms with Gasteiger partial charge >= 0.3 is 5.63 Å². The highest BCUT2D eigenvalue weighted by molar-refractivity contribution is 8.13. The van der Waals surface area contributed by atoms with Gasteiger partial charge in [-0.25, -0.2) is 19.3 Å². The molecule has 4 rings (SSSR count). The smallest absolute Gasteiger partial charge is 0.340 e. The number of aliphatic imine (C=N–C) groups is 1. The molecule has 162 valence electrons. The molecule has 3 N–H and O–H groups in total. The Bertz CT molecular complexity index is 1370. The van der Waals surface area contributed by atoms with Crippen LogP contribution in [-0.2, 0) is 16.6 Å². The number of benzene rings is 2. The second-order valence-electron chi connectivity index (χ2n) is 6.85. The number of ether oxygens (including phenoxy) is 1. The second kappa shape index (κ2) is 8.33. The summed E-state index contributed by atoms with van der Waals surface area (Å²) in [5.41, 5.74) is 0.464. The molecule has 0 atom stereocenters. The monoisotopic (exact) mass is 463 g/mol. The topological polar surface area (TPSA) is 124 Å². The van der Waals surface area contributed by atoms with Gasteiger partial charge in [0.1, 0.15) is 11.3 Å². The van der Waals surface area contributed by atoms with Gasteiger partial charge in [0.15, 0.2) is 5.82 Å². The van der Waals surface area contributed by atoms with Crippen molar-refractivity contribution in [2.45, 2.75) is 13.3 Å². The van der Waals surface area contributed by atoms with Crippen molar-refractivity contribution in [3.63, 3.8) is 0 Å². The summed E-state index contributed by atoms with van der Waals surface area (Å²) >= 11 is 1.51. The lowest BCUT2D eigenvalue weighted by Crippen LogP contribution is -2.22. The maximum atomic E-state index is 14.8. The molecular formula is C20H18FN3O5S2. The van der Waals surface area contributed by atoms with Crippen LogP contribution >= 0.6 is 11.8 Å². The zero-order chi connectivity index (χ0) is 22.2. The quantitative estimate of drug-likeness (QED) is 0.561. The number of fused-ring (bicyclic) bond motifs is 1. The van der Waals surface area contributed by atoms with E-state index in [1.54, 1.807) is 25.1 Å². The first-order valence-corrected chi connectivity index (χ1v) is 11.7. The highest BCUT2D eigenvalue weighted by atomic mass is 32.2. The second-order valence-corrected chi connectivity index (χ2v) is 9.19. The van der Waals surface area contributed by atoms with E-state index in [9.17, 15) is 17.6 Å². The van der Waals surface area contributed by atoms with Crippen molar-refractivity contribution in [2.24, 2.45) is 10.1 Å². The normalized spacial score (nSPS) is 14.0. The molecule has 11 heteroatoms. The Morgan fingerprint density at radius 3 is 2.84 bits per heavy atom. The van der Waals surface area contributed by atoms with E-state index in [1.165, 1.54) is 30.0 Å². The maximum Gasteiger partial charge on any atom is 0.340 e.